The third-order valence-electron chi connectivity index (χ3n) is 5.50. The van der Waals surface area contributed by atoms with Gasteiger partial charge in [0.1, 0.15) is 5.75 Å². The van der Waals surface area contributed by atoms with Crippen LogP contribution in [-0.2, 0) is 9.53 Å². The predicted octanol–water partition coefficient (Wildman–Crippen LogP) is 4.56. The zero-order chi connectivity index (χ0) is 23.3. The quantitative estimate of drug-likeness (QED) is 0.461. The number of unbranched alkanes of at least 4 members (excludes halogenated alkanes) is 4. The van der Waals surface area contributed by atoms with Crippen molar-refractivity contribution in [3.05, 3.63) is 54.1 Å². The fraction of sp³-hybridized carbons (Fsp3) is 0.462. The molecule has 7 heteroatoms. The van der Waals surface area contributed by atoms with Crippen molar-refractivity contribution in [3.63, 3.8) is 0 Å². The first-order valence-corrected chi connectivity index (χ1v) is 11.9. The number of anilines is 2. The standard InChI is InChI=1S/C26H35N3O4/c1-2-3-4-5-6-15-33-24-12-8-11-23(19-24)28-25(30)20-27-22-10-7-9-21(18-22)26(31)29-13-16-32-17-14-29/h7-12,18-19,27H,2-6,13-17,20H2,1H3,(H,28,30). The molecule has 0 atom stereocenters. The predicted molar refractivity (Wildman–Crippen MR) is 131 cm³/mol. The second-order valence-corrected chi connectivity index (χ2v) is 8.18. The molecule has 0 saturated carbocycles. The molecule has 2 amide bonds. The first-order valence-electron chi connectivity index (χ1n) is 11.9. The monoisotopic (exact) mass is 453 g/mol. The molecule has 1 saturated heterocycles. The van der Waals surface area contributed by atoms with E-state index in [1.54, 1.807) is 17.0 Å². The Morgan fingerprint density at radius 3 is 2.55 bits per heavy atom. The van der Waals surface area contributed by atoms with Crippen LogP contribution >= 0.6 is 0 Å². The Labute approximate surface area is 196 Å². The summed E-state index contributed by atoms with van der Waals surface area (Å²) in [4.78, 5) is 26.9. The fourth-order valence-electron chi connectivity index (χ4n) is 3.66. The van der Waals surface area contributed by atoms with Gasteiger partial charge in [-0.15, -0.1) is 0 Å². The highest BCUT2D eigenvalue weighted by molar-refractivity contribution is 5.96. The summed E-state index contributed by atoms with van der Waals surface area (Å²) in [6.07, 6.45) is 5.95. The van der Waals surface area contributed by atoms with E-state index in [-0.39, 0.29) is 18.4 Å². The summed E-state index contributed by atoms with van der Waals surface area (Å²) < 4.78 is 11.1. The first kappa shape index (κ1) is 24.6. The van der Waals surface area contributed by atoms with Gasteiger partial charge in [0.25, 0.3) is 5.91 Å². The molecule has 1 fully saturated rings. The molecule has 0 bridgehead atoms. The number of ether oxygens (including phenoxy) is 2. The third-order valence-corrected chi connectivity index (χ3v) is 5.50. The highest BCUT2D eigenvalue weighted by Gasteiger charge is 2.18. The second-order valence-electron chi connectivity index (χ2n) is 8.18. The molecule has 178 valence electrons. The number of nitrogens with one attached hydrogen (secondary N) is 2. The zero-order valence-corrected chi connectivity index (χ0v) is 19.5. The minimum absolute atomic E-state index is 0.0198. The van der Waals surface area contributed by atoms with Crippen LogP contribution in [0.5, 0.6) is 5.75 Å². The number of hydrogen-bond acceptors (Lipinski definition) is 5. The molecule has 2 aromatic carbocycles. The number of nitrogens with zero attached hydrogens (tertiary/aromatic N) is 1. The summed E-state index contributed by atoms with van der Waals surface area (Å²) in [5.74, 6) is 0.566. The van der Waals surface area contributed by atoms with E-state index in [1.807, 2.05) is 36.4 Å². The summed E-state index contributed by atoms with van der Waals surface area (Å²) in [7, 11) is 0. The topological polar surface area (TPSA) is 79.9 Å². The SMILES string of the molecule is CCCCCCCOc1cccc(NC(=O)CNc2cccc(C(=O)N3CCOCC3)c2)c1. The van der Waals surface area contributed by atoms with Gasteiger partial charge < -0.3 is 25.0 Å². The van der Waals surface area contributed by atoms with E-state index in [1.165, 1.54) is 25.7 Å². The Hall–Kier alpha value is -3.06. The first-order chi connectivity index (χ1) is 16.2. The van der Waals surface area contributed by atoms with Gasteiger partial charge in [-0.25, -0.2) is 0 Å². The van der Waals surface area contributed by atoms with Crippen LogP contribution in [0.4, 0.5) is 11.4 Å². The van der Waals surface area contributed by atoms with Gasteiger partial charge >= 0.3 is 0 Å². The van der Waals surface area contributed by atoms with E-state index in [9.17, 15) is 9.59 Å². The lowest BCUT2D eigenvalue weighted by atomic mass is 10.1. The molecule has 2 N–H and O–H groups in total. The number of hydrogen-bond donors (Lipinski definition) is 2. The summed E-state index contributed by atoms with van der Waals surface area (Å²) in [5, 5.41) is 5.99. The molecule has 2 aromatic rings. The molecule has 0 radical (unpaired) electrons. The van der Waals surface area contributed by atoms with Gasteiger partial charge in [-0.2, -0.15) is 0 Å². The second kappa shape index (κ2) is 13.5. The van der Waals surface area contributed by atoms with Crippen molar-refractivity contribution in [1.29, 1.82) is 0 Å². The Morgan fingerprint density at radius 1 is 0.970 bits per heavy atom. The van der Waals surface area contributed by atoms with Crippen molar-refractivity contribution in [1.82, 2.24) is 4.90 Å². The minimum Gasteiger partial charge on any atom is -0.494 e. The van der Waals surface area contributed by atoms with Crippen molar-refractivity contribution in [2.24, 2.45) is 0 Å². The maximum absolute atomic E-state index is 12.7. The highest BCUT2D eigenvalue weighted by Crippen LogP contribution is 2.18. The van der Waals surface area contributed by atoms with Gasteiger partial charge in [-0.1, -0.05) is 44.7 Å². The molecule has 33 heavy (non-hydrogen) atoms. The van der Waals surface area contributed by atoms with Crippen molar-refractivity contribution >= 4 is 23.2 Å². The van der Waals surface area contributed by atoms with Crippen molar-refractivity contribution in [3.8, 4) is 5.75 Å². The van der Waals surface area contributed by atoms with E-state index >= 15 is 0 Å². The molecule has 3 rings (SSSR count). The van der Waals surface area contributed by atoms with E-state index in [0.717, 1.165) is 17.9 Å². The molecule has 1 heterocycles. The molecule has 0 unspecified atom stereocenters. The van der Waals surface area contributed by atoms with Gasteiger partial charge in [0, 0.05) is 36.1 Å². The number of rotatable bonds is 12. The van der Waals surface area contributed by atoms with Crippen LogP contribution in [0.2, 0.25) is 0 Å². The molecule has 1 aliphatic rings. The van der Waals surface area contributed by atoms with Crippen LogP contribution in [0.3, 0.4) is 0 Å². The molecule has 0 spiro atoms. The van der Waals surface area contributed by atoms with Gasteiger partial charge in [0.15, 0.2) is 0 Å². The molecular formula is C26H35N3O4. The van der Waals surface area contributed by atoms with Gasteiger partial charge in [0.2, 0.25) is 5.91 Å². The van der Waals surface area contributed by atoms with Crippen molar-refractivity contribution < 1.29 is 19.1 Å². The average Bonchev–Trinajstić information content (AvgIpc) is 2.85. The lowest BCUT2D eigenvalue weighted by Crippen LogP contribution is -2.40. The Morgan fingerprint density at radius 2 is 1.73 bits per heavy atom. The van der Waals surface area contributed by atoms with Crippen molar-refractivity contribution in [2.45, 2.75) is 39.0 Å². The van der Waals surface area contributed by atoms with Crippen LogP contribution in [0, 0.1) is 0 Å². The summed E-state index contributed by atoms with van der Waals surface area (Å²) in [6.45, 7) is 5.31. The molecule has 1 aliphatic heterocycles. The molecule has 0 aromatic heterocycles. The van der Waals surface area contributed by atoms with E-state index in [4.69, 9.17) is 9.47 Å². The summed E-state index contributed by atoms with van der Waals surface area (Å²) >= 11 is 0. The Bertz CT molecular complexity index is 897. The molecular weight excluding hydrogens is 418 g/mol. The van der Waals surface area contributed by atoms with Gasteiger partial charge in [-0.3, -0.25) is 9.59 Å². The largest absolute Gasteiger partial charge is 0.494 e. The van der Waals surface area contributed by atoms with E-state index in [0.29, 0.717) is 44.2 Å². The lowest BCUT2D eigenvalue weighted by molar-refractivity contribution is -0.114. The zero-order valence-electron chi connectivity index (χ0n) is 19.5. The average molecular weight is 454 g/mol. The van der Waals surface area contributed by atoms with Gasteiger partial charge in [0.05, 0.1) is 26.4 Å². The summed E-state index contributed by atoms with van der Waals surface area (Å²) in [5.41, 5.74) is 2.02. The maximum Gasteiger partial charge on any atom is 0.254 e. The number of amides is 2. The Kier molecular flexibility index (Phi) is 10.0. The van der Waals surface area contributed by atoms with Crippen molar-refractivity contribution in [2.75, 3.05) is 50.1 Å². The number of carbonyl (C=O) groups is 2. The fourth-order valence-corrected chi connectivity index (χ4v) is 3.66. The lowest BCUT2D eigenvalue weighted by Gasteiger charge is -2.27. The molecule has 7 nitrogen and oxygen atoms in total. The van der Waals surface area contributed by atoms with Crippen LogP contribution in [0.15, 0.2) is 48.5 Å². The van der Waals surface area contributed by atoms with Crippen LogP contribution in [0.1, 0.15) is 49.4 Å². The highest BCUT2D eigenvalue weighted by atomic mass is 16.5. The Balaban J connectivity index is 1.44. The maximum atomic E-state index is 12.7. The normalized spacial score (nSPS) is 13.4. The molecule has 0 aliphatic carbocycles. The van der Waals surface area contributed by atoms with Crippen LogP contribution < -0.4 is 15.4 Å². The van der Waals surface area contributed by atoms with Crippen LogP contribution in [-0.4, -0.2) is 56.2 Å². The van der Waals surface area contributed by atoms with E-state index in [2.05, 4.69) is 17.6 Å². The smallest absolute Gasteiger partial charge is 0.254 e. The number of morpholine rings is 1. The minimum atomic E-state index is -0.170. The van der Waals surface area contributed by atoms with Crippen LogP contribution in [0.25, 0.3) is 0 Å². The summed E-state index contributed by atoms with van der Waals surface area (Å²) in [6, 6.07) is 14.7. The number of carbonyl (C=O) groups excluding carboxylic acids is 2. The van der Waals surface area contributed by atoms with E-state index < -0.39 is 0 Å². The third kappa shape index (κ3) is 8.42. The number of benzene rings is 2. The van der Waals surface area contributed by atoms with Gasteiger partial charge in [-0.05, 0) is 36.8 Å².